The van der Waals surface area contributed by atoms with Crippen LogP contribution in [0, 0.1) is 0 Å². The highest BCUT2D eigenvalue weighted by Crippen LogP contribution is 2.10. The molecule has 0 saturated carbocycles. The van der Waals surface area contributed by atoms with E-state index in [-0.39, 0.29) is 18.0 Å². The summed E-state index contributed by atoms with van der Waals surface area (Å²) in [5.74, 6) is -0.0763. The van der Waals surface area contributed by atoms with E-state index in [1.165, 1.54) is 0 Å². The maximum atomic E-state index is 12.1. The molecule has 0 bridgehead atoms. The van der Waals surface area contributed by atoms with Gasteiger partial charge in [0, 0.05) is 25.7 Å². The van der Waals surface area contributed by atoms with Crippen molar-refractivity contribution in [1.29, 1.82) is 0 Å². The zero-order chi connectivity index (χ0) is 19.3. The maximum Gasteiger partial charge on any atom is 0.326 e. The van der Waals surface area contributed by atoms with Crippen molar-refractivity contribution in [2.75, 3.05) is 6.54 Å². The fourth-order valence-electron chi connectivity index (χ4n) is 3.19. The van der Waals surface area contributed by atoms with Crippen molar-refractivity contribution in [2.45, 2.75) is 19.4 Å². The van der Waals surface area contributed by atoms with Crippen LogP contribution < -0.4 is 11.0 Å². The van der Waals surface area contributed by atoms with Crippen LogP contribution in [0.1, 0.15) is 12.0 Å². The molecule has 2 aromatic carbocycles. The lowest BCUT2D eigenvalue weighted by molar-refractivity contribution is -0.121. The summed E-state index contributed by atoms with van der Waals surface area (Å²) < 4.78 is 3.42. The lowest BCUT2D eigenvalue weighted by Gasteiger charge is -2.05. The third-order valence-corrected chi connectivity index (χ3v) is 4.64. The van der Waals surface area contributed by atoms with Crippen molar-refractivity contribution < 1.29 is 4.79 Å². The van der Waals surface area contributed by atoms with Crippen molar-refractivity contribution >= 4 is 16.9 Å². The normalized spacial score (nSPS) is 11.0. The first-order chi connectivity index (χ1) is 13.7. The van der Waals surface area contributed by atoms with E-state index in [2.05, 4.69) is 15.4 Å². The molecule has 4 aromatic rings. The Labute approximate surface area is 161 Å². The highest BCUT2D eigenvalue weighted by atomic mass is 16.2. The number of rotatable bonds is 7. The summed E-state index contributed by atoms with van der Waals surface area (Å²) in [6.07, 6.45) is 4.73. The second-order valence-electron chi connectivity index (χ2n) is 6.58. The molecule has 0 unspecified atom stereocenters. The lowest BCUT2D eigenvalue weighted by Crippen LogP contribution is -2.28. The van der Waals surface area contributed by atoms with Gasteiger partial charge in [0.1, 0.15) is 0 Å². The van der Waals surface area contributed by atoms with E-state index in [0.29, 0.717) is 19.5 Å². The van der Waals surface area contributed by atoms with E-state index in [4.69, 9.17) is 0 Å². The molecule has 142 valence electrons. The van der Waals surface area contributed by atoms with Gasteiger partial charge in [-0.05, 0) is 36.2 Å². The molecule has 2 aromatic heterocycles. The Morgan fingerprint density at radius 2 is 1.86 bits per heavy atom. The summed E-state index contributed by atoms with van der Waals surface area (Å²) >= 11 is 0. The molecule has 0 aliphatic heterocycles. The van der Waals surface area contributed by atoms with E-state index in [1.807, 2.05) is 71.7 Å². The van der Waals surface area contributed by atoms with E-state index in [0.717, 1.165) is 22.3 Å². The summed E-state index contributed by atoms with van der Waals surface area (Å²) in [5.41, 5.74) is 3.46. The number of carbonyl (C=O) groups is 1. The number of H-pyrrole nitrogens is 1. The van der Waals surface area contributed by atoms with Crippen LogP contribution >= 0.6 is 0 Å². The van der Waals surface area contributed by atoms with Crippen LogP contribution in [0.15, 0.2) is 71.8 Å². The van der Waals surface area contributed by atoms with Gasteiger partial charge in [-0.15, -0.1) is 0 Å². The Morgan fingerprint density at radius 1 is 1.07 bits per heavy atom. The van der Waals surface area contributed by atoms with Crippen LogP contribution in [-0.4, -0.2) is 31.8 Å². The summed E-state index contributed by atoms with van der Waals surface area (Å²) in [7, 11) is 0. The van der Waals surface area contributed by atoms with Gasteiger partial charge in [0.05, 0.1) is 22.9 Å². The smallest absolute Gasteiger partial charge is 0.326 e. The number of para-hydroxylation sites is 3. The van der Waals surface area contributed by atoms with Crippen molar-refractivity contribution in [3.05, 3.63) is 83.0 Å². The highest BCUT2D eigenvalue weighted by molar-refractivity contribution is 5.77. The minimum atomic E-state index is -0.192. The van der Waals surface area contributed by atoms with Crippen LogP contribution in [0.5, 0.6) is 0 Å². The molecule has 28 heavy (non-hydrogen) atoms. The predicted octanol–water partition coefficient (Wildman–Crippen LogP) is 2.26. The molecule has 0 radical (unpaired) electrons. The number of aryl methyl sites for hydroxylation is 1. The Hall–Kier alpha value is -3.61. The van der Waals surface area contributed by atoms with Gasteiger partial charge in [-0.25, -0.2) is 9.48 Å². The first kappa shape index (κ1) is 17.8. The zero-order valence-corrected chi connectivity index (χ0v) is 15.3. The zero-order valence-electron chi connectivity index (χ0n) is 15.3. The van der Waals surface area contributed by atoms with Crippen molar-refractivity contribution in [3.63, 3.8) is 0 Å². The summed E-state index contributed by atoms with van der Waals surface area (Å²) in [5, 5.41) is 7.26. The fourth-order valence-corrected chi connectivity index (χ4v) is 3.19. The number of amides is 1. The van der Waals surface area contributed by atoms with Gasteiger partial charge in [-0.1, -0.05) is 30.3 Å². The van der Waals surface area contributed by atoms with E-state index >= 15 is 0 Å². The van der Waals surface area contributed by atoms with Gasteiger partial charge < -0.3 is 10.3 Å². The number of benzene rings is 2. The predicted molar refractivity (Wildman–Crippen MR) is 107 cm³/mol. The van der Waals surface area contributed by atoms with Crippen LogP contribution in [0.25, 0.3) is 16.7 Å². The highest BCUT2D eigenvalue weighted by Gasteiger charge is 2.08. The molecule has 0 aliphatic rings. The van der Waals surface area contributed by atoms with E-state index < -0.39 is 0 Å². The first-order valence-electron chi connectivity index (χ1n) is 9.24. The van der Waals surface area contributed by atoms with Crippen LogP contribution in [0.2, 0.25) is 0 Å². The number of hydrogen-bond donors (Lipinski definition) is 2. The minimum absolute atomic E-state index is 0.0763. The standard InChI is InChI=1S/C21H21N5O2/c27-20(11-13-25-19-9-5-4-8-18(19)24-21(25)28)22-12-10-16-14-23-26(15-16)17-6-2-1-3-7-17/h1-9,14-15H,10-13H2,(H,22,27)(H,24,28). The molecule has 4 rings (SSSR count). The molecule has 7 nitrogen and oxygen atoms in total. The van der Waals surface area contributed by atoms with Crippen LogP contribution in [0.4, 0.5) is 0 Å². The first-order valence-corrected chi connectivity index (χ1v) is 9.24. The molecule has 0 aliphatic carbocycles. The van der Waals surface area contributed by atoms with Gasteiger partial charge in [0.25, 0.3) is 0 Å². The summed E-state index contributed by atoms with van der Waals surface area (Å²) in [4.78, 5) is 27.0. The Balaban J connectivity index is 1.28. The molecular weight excluding hydrogens is 354 g/mol. The maximum absolute atomic E-state index is 12.1. The van der Waals surface area contributed by atoms with Gasteiger partial charge in [-0.2, -0.15) is 5.10 Å². The van der Waals surface area contributed by atoms with Gasteiger partial charge in [0.2, 0.25) is 5.91 Å². The molecule has 0 fully saturated rings. The topological polar surface area (TPSA) is 84.7 Å². The number of aromatic amines is 1. The number of hydrogen-bond acceptors (Lipinski definition) is 3. The quantitative estimate of drug-likeness (QED) is 0.520. The summed E-state index contributed by atoms with van der Waals surface area (Å²) in [6.45, 7) is 0.878. The SMILES string of the molecule is O=C(CCn1c(=O)[nH]c2ccccc21)NCCc1cnn(-c2ccccc2)c1. The second-order valence-corrected chi connectivity index (χ2v) is 6.58. The average molecular weight is 375 g/mol. The lowest BCUT2D eigenvalue weighted by atomic mass is 10.2. The number of fused-ring (bicyclic) bond motifs is 1. The monoisotopic (exact) mass is 375 g/mol. The largest absolute Gasteiger partial charge is 0.356 e. The number of aromatic nitrogens is 4. The molecule has 1 amide bonds. The molecule has 7 heteroatoms. The fraction of sp³-hybridized carbons (Fsp3) is 0.190. The molecule has 2 heterocycles. The third kappa shape index (κ3) is 3.88. The summed E-state index contributed by atoms with van der Waals surface area (Å²) in [6, 6.07) is 17.4. The number of imidazole rings is 1. The van der Waals surface area contributed by atoms with Crippen molar-refractivity contribution in [1.82, 2.24) is 24.6 Å². The van der Waals surface area contributed by atoms with Gasteiger partial charge >= 0.3 is 5.69 Å². The van der Waals surface area contributed by atoms with Gasteiger partial charge in [0.15, 0.2) is 0 Å². The molecule has 0 saturated heterocycles. The minimum Gasteiger partial charge on any atom is -0.356 e. The number of carbonyl (C=O) groups excluding carboxylic acids is 1. The van der Waals surface area contributed by atoms with Gasteiger partial charge in [-0.3, -0.25) is 9.36 Å². The van der Waals surface area contributed by atoms with Crippen molar-refractivity contribution in [2.24, 2.45) is 0 Å². The third-order valence-electron chi connectivity index (χ3n) is 4.64. The second kappa shape index (κ2) is 7.96. The average Bonchev–Trinajstić information content (AvgIpc) is 3.31. The molecular formula is C21H21N5O2. The van der Waals surface area contributed by atoms with E-state index in [9.17, 15) is 9.59 Å². The van der Waals surface area contributed by atoms with Crippen molar-refractivity contribution in [3.8, 4) is 5.69 Å². The molecule has 0 spiro atoms. The van der Waals surface area contributed by atoms with Crippen LogP contribution in [-0.2, 0) is 17.8 Å². The number of nitrogens with one attached hydrogen (secondary N) is 2. The molecule has 0 atom stereocenters. The Bertz CT molecular complexity index is 1140. The van der Waals surface area contributed by atoms with Crippen LogP contribution in [0.3, 0.4) is 0 Å². The van der Waals surface area contributed by atoms with E-state index in [1.54, 1.807) is 4.57 Å². The Morgan fingerprint density at radius 3 is 2.71 bits per heavy atom. The Kier molecular flexibility index (Phi) is 5.05. The molecule has 2 N–H and O–H groups in total. The number of nitrogens with zero attached hydrogens (tertiary/aromatic N) is 3.